The first-order valence-corrected chi connectivity index (χ1v) is 6.41. The summed E-state index contributed by atoms with van der Waals surface area (Å²) in [6, 6.07) is 4.35. The highest BCUT2D eigenvalue weighted by Crippen LogP contribution is 2.16. The molecule has 96 valence electrons. The molecule has 0 bridgehead atoms. The van der Waals surface area contributed by atoms with E-state index in [1.54, 1.807) is 0 Å². The molecule has 0 aliphatic rings. The van der Waals surface area contributed by atoms with Crippen LogP contribution in [0.25, 0.3) is 0 Å². The monoisotopic (exact) mass is 236 g/mol. The molecule has 0 radical (unpaired) electrons. The SMILES string of the molecule is CCCNC(COC(C)C)c1cccnc1C. The zero-order chi connectivity index (χ0) is 12.7. The topological polar surface area (TPSA) is 34.1 Å². The highest BCUT2D eigenvalue weighted by molar-refractivity contribution is 5.22. The Morgan fingerprint density at radius 2 is 2.18 bits per heavy atom. The van der Waals surface area contributed by atoms with Crippen LogP contribution in [0.3, 0.4) is 0 Å². The molecule has 1 N–H and O–H groups in total. The van der Waals surface area contributed by atoms with Crippen LogP contribution in [-0.2, 0) is 4.74 Å². The standard InChI is InChI=1S/C14H24N2O/c1-5-8-16-14(10-17-11(2)3)13-7-6-9-15-12(13)4/h6-7,9,11,14,16H,5,8,10H2,1-4H3. The molecule has 0 fully saturated rings. The fourth-order valence-electron chi connectivity index (χ4n) is 1.73. The summed E-state index contributed by atoms with van der Waals surface area (Å²) in [5.74, 6) is 0. The Hall–Kier alpha value is -0.930. The van der Waals surface area contributed by atoms with Gasteiger partial charge in [-0.1, -0.05) is 13.0 Å². The van der Waals surface area contributed by atoms with Crippen LogP contribution in [0, 0.1) is 6.92 Å². The van der Waals surface area contributed by atoms with Gasteiger partial charge in [0, 0.05) is 11.9 Å². The minimum atomic E-state index is 0.242. The number of aromatic nitrogens is 1. The normalized spacial score (nSPS) is 13.0. The molecule has 1 rings (SSSR count). The quantitative estimate of drug-likeness (QED) is 0.790. The summed E-state index contributed by atoms with van der Waals surface area (Å²) in [6.07, 6.45) is 3.22. The smallest absolute Gasteiger partial charge is 0.0665 e. The zero-order valence-corrected chi connectivity index (χ0v) is 11.4. The summed E-state index contributed by atoms with van der Waals surface area (Å²) >= 11 is 0. The number of hydrogen-bond acceptors (Lipinski definition) is 3. The van der Waals surface area contributed by atoms with Crippen LogP contribution in [0.2, 0.25) is 0 Å². The summed E-state index contributed by atoms with van der Waals surface area (Å²) in [4.78, 5) is 4.34. The van der Waals surface area contributed by atoms with E-state index in [0.29, 0.717) is 6.61 Å². The number of hydrogen-bond donors (Lipinski definition) is 1. The lowest BCUT2D eigenvalue weighted by Gasteiger charge is -2.21. The van der Waals surface area contributed by atoms with Gasteiger partial charge in [-0.15, -0.1) is 0 Å². The summed E-state index contributed by atoms with van der Waals surface area (Å²) in [5.41, 5.74) is 2.31. The Morgan fingerprint density at radius 1 is 1.41 bits per heavy atom. The maximum atomic E-state index is 5.72. The molecule has 0 saturated carbocycles. The van der Waals surface area contributed by atoms with Gasteiger partial charge in [0.2, 0.25) is 0 Å². The lowest BCUT2D eigenvalue weighted by Crippen LogP contribution is -2.28. The van der Waals surface area contributed by atoms with Gasteiger partial charge < -0.3 is 10.1 Å². The van der Waals surface area contributed by atoms with Gasteiger partial charge >= 0.3 is 0 Å². The summed E-state index contributed by atoms with van der Waals surface area (Å²) in [6.45, 7) is 10.0. The highest BCUT2D eigenvalue weighted by Gasteiger charge is 2.14. The predicted octanol–water partition coefficient (Wildman–Crippen LogP) is 2.86. The Labute approximate surface area is 105 Å². The summed E-state index contributed by atoms with van der Waals surface area (Å²) < 4.78 is 5.72. The van der Waals surface area contributed by atoms with Crippen molar-refractivity contribution < 1.29 is 4.74 Å². The van der Waals surface area contributed by atoms with E-state index in [1.807, 2.05) is 19.2 Å². The van der Waals surface area contributed by atoms with Gasteiger partial charge in [0.25, 0.3) is 0 Å². The first kappa shape index (κ1) is 14.1. The average molecular weight is 236 g/mol. The molecule has 1 unspecified atom stereocenters. The maximum Gasteiger partial charge on any atom is 0.0665 e. The maximum absolute atomic E-state index is 5.72. The van der Waals surface area contributed by atoms with Gasteiger partial charge in [-0.2, -0.15) is 0 Å². The molecule has 0 saturated heterocycles. The predicted molar refractivity (Wildman–Crippen MR) is 71.1 cm³/mol. The minimum absolute atomic E-state index is 0.242. The van der Waals surface area contributed by atoms with Crippen molar-refractivity contribution >= 4 is 0 Å². The van der Waals surface area contributed by atoms with E-state index in [-0.39, 0.29) is 12.1 Å². The number of ether oxygens (including phenoxy) is 1. The van der Waals surface area contributed by atoms with Crippen LogP contribution in [0.1, 0.15) is 44.5 Å². The molecule has 3 heteroatoms. The first-order chi connectivity index (χ1) is 8.15. The zero-order valence-electron chi connectivity index (χ0n) is 11.4. The highest BCUT2D eigenvalue weighted by atomic mass is 16.5. The minimum Gasteiger partial charge on any atom is -0.377 e. The molecule has 0 spiro atoms. The Morgan fingerprint density at radius 3 is 2.76 bits per heavy atom. The number of nitrogens with zero attached hydrogens (tertiary/aromatic N) is 1. The molecule has 3 nitrogen and oxygen atoms in total. The number of rotatable bonds is 7. The summed E-state index contributed by atoms with van der Waals surface area (Å²) in [7, 11) is 0. The van der Waals surface area contributed by atoms with E-state index < -0.39 is 0 Å². The van der Waals surface area contributed by atoms with Crippen LogP contribution in [-0.4, -0.2) is 24.2 Å². The van der Waals surface area contributed by atoms with Crippen molar-refractivity contribution in [3.05, 3.63) is 29.6 Å². The third-order valence-corrected chi connectivity index (χ3v) is 2.66. The molecule has 0 aromatic carbocycles. The third kappa shape index (κ3) is 4.84. The lowest BCUT2D eigenvalue weighted by molar-refractivity contribution is 0.0609. The van der Waals surface area contributed by atoms with Gasteiger partial charge in [0.05, 0.1) is 18.8 Å². The second-order valence-electron chi connectivity index (χ2n) is 4.57. The van der Waals surface area contributed by atoms with Crippen LogP contribution in [0.4, 0.5) is 0 Å². The lowest BCUT2D eigenvalue weighted by atomic mass is 10.1. The van der Waals surface area contributed by atoms with E-state index in [1.165, 1.54) is 5.56 Å². The Bertz CT molecular complexity index is 326. The molecule has 17 heavy (non-hydrogen) atoms. The average Bonchev–Trinajstić information content (AvgIpc) is 2.30. The molecular weight excluding hydrogens is 212 g/mol. The van der Waals surface area contributed by atoms with Crippen LogP contribution < -0.4 is 5.32 Å². The molecule has 1 aromatic heterocycles. The van der Waals surface area contributed by atoms with E-state index >= 15 is 0 Å². The second-order valence-corrected chi connectivity index (χ2v) is 4.57. The first-order valence-electron chi connectivity index (χ1n) is 6.41. The number of nitrogens with one attached hydrogen (secondary N) is 1. The van der Waals surface area contributed by atoms with Gasteiger partial charge in [-0.25, -0.2) is 0 Å². The summed E-state index contributed by atoms with van der Waals surface area (Å²) in [5, 5.41) is 3.52. The van der Waals surface area contributed by atoms with Crippen LogP contribution in [0.15, 0.2) is 18.3 Å². The molecule has 0 amide bonds. The molecule has 0 aliphatic carbocycles. The molecular formula is C14H24N2O. The van der Waals surface area contributed by atoms with Crippen LogP contribution in [0.5, 0.6) is 0 Å². The van der Waals surface area contributed by atoms with Gasteiger partial charge in [-0.05, 0) is 45.4 Å². The van der Waals surface area contributed by atoms with E-state index in [9.17, 15) is 0 Å². The van der Waals surface area contributed by atoms with Crippen molar-refractivity contribution in [1.29, 1.82) is 0 Å². The molecule has 1 aromatic rings. The largest absolute Gasteiger partial charge is 0.377 e. The fourth-order valence-corrected chi connectivity index (χ4v) is 1.73. The molecule has 1 atom stereocenters. The van der Waals surface area contributed by atoms with E-state index in [2.05, 4.69) is 37.1 Å². The van der Waals surface area contributed by atoms with Crippen LogP contribution >= 0.6 is 0 Å². The van der Waals surface area contributed by atoms with Gasteiger partial charge in [0.1, 0.15) is 0 Å². The van der Waals surface area contributed by atoms with Crippen molar-refractivity contribution in [3.63, 3.8) is 0 Å². The molecule has 1 heterocycles. The third-order valence-electron chi connectivity index (χ3n) is 2.66. The number of aryl methyl sites for hydroxylation is 1. The Balaban J connectivity index is 2.71. The Kier molecular flexibility index (Phi) is 6.16. The molecule has 0 aliphatic heterocycles. The van der Waals surface area contributed by atoms with E-state index in [4.69, 9.17) is 4.74 Å². The second kappa shape index (κ2) is 7.41. The van der Waals surface area contributed by atoms with E-state index in [0.717, 1.165) is 18.7 Å². The van der Waals surface area contributed by atoms with Gasteiger partial charge in [-0.3, -0.25) is 4.98 Å². The number of pyridine rings is 1. The van der Waals surface area contributed by atoms with Gasteiger partial charge in [0.15, 0.2) is 0 Å². The van der Waals surface area contributed by atoms with Crippen molar-refractivity contribution in [1.82, 2.24) is 10.3 Å². The van der Waals surface area contributed by atoms with Crippen molar-refractivity contribution in [2.24, 2.45) is 0 Å². The van der Waals surface area contributed by atoms with Crippen molar-refractivity contribution in [3.8, 4) is 0 Å². The van der Waals surface area contributed by atoms with Crippen molar-refractivity contribution in [2.45, 2.75) is 46.3 Å². The fraction of sp³-hybridized carbons (Fsp3) is 0.643. The van der Waals surface area contributed by atoms with Crippen molar-refractivity contribution in [2.75, 3.05) is 13.2 Å².